The average Bonchev–Trinajstić information content (AvgIpc) is 2.72. The van der Waals surface area contributed by atoms with Crippen LogP contribution < -0.4 is 22.1 Å². The molecule has 156 valence electrons. The zero-order chi connectivity index (χ0) is 21.5. The third kappa shape index (κ3) is 5.64. The molecule has 9 nitrogen and oxygen atoms in total. The van der Waals surface area contributed by atoms with Crippen LogP contribution in [0, 0.1) is 0 Å². The number of nitrogens with one attached hydrogen (secondary N) is 2. The van der Waals surface area contributed by atoms with E-state index in [1.54, 1.807) is 36.7 Å². The van der Waals surface area contributed by atoms with Gasteiger partial charge in [0, 0.05) is 42.7 Å². The Labute approximate surface area is 171 Å². The van der Waals surface area contributed by atoms with Crippen molar-refractivity contribution >= 4 is 23.2 Å². The summed E-state index contributed by atoms with van der Waals surface area (Å²) in [6, 6.07) is 8.12. The van der Waals surface area contributed by atoms with Gasteiger partial charge in [-0.1, -0.05) is 12.1 Å². The lowest BCUT2D eigenvalue weighted by Crippen LogP contribution is -2.31. The molecule has 0 aliphatic rings. The molecule has 0 aliphatic carbocycles. The molecule has 2 aromatic heterocycles. The lowest BCUT2D eigenvalue weighted by molar-refractivity contribution is 0.0996. The number of benzene rings is 1. The van der Waals surface area contributed by atoms with E-state index in [1.165, 1.54) is 6.20 Å². The number of anilines is 3. The summed E-state index contributed by atoms with van der Waals surface area (Å²) in [6.07, 6.45) is 1.61. The smallest absolute Gasteiger partial charge is 0.271 e. The largest absolute Gasteiger partial charge is 0.367 e. The molecule has 11 heteroatoms. The fourth-order valence-corrected chi connectivity index (χ4v) is 2.61. The topological polar surface area (TPSA) is 145 Å². The molecule has 3 rings (SSSR count). The fourth-order valence-electron chi connectivity index (χ4n) is 2.61. The van der Waals surface area contributed by atoms with Crippen molar-refractivity contribution in [1.29, 1.82) is 0 Å². The number of halogens is 2. The molecule has 1 amide bonds. The Kier molecular flexibility index (Phi) is 6.75. The lowest BCUT2D eigenvalue weighted by atomic mass is 10.2. The molecule has 0 radical (unpaired) electrons. The van der Waals surface area contributed by atoms with Crippen molar-refractivity contribution < 1.29 is 13.6 Å². The van der Waals surface area contributed by atoms with Crippen LogP contribution in [0.3, 0.4) is 0 Å². The maximum Gasteiger partial charge on any atom is 0.271 e. The molecular weight excluding hydrogens is 394 g/mol. The first kappa shape index (κ1) is 21.0. The van der Waals surface area contributed by atoms with E-state index in [-0.39, 0.29) is 23.9 Å². The van der Waals surface area contributed by atoms with Crippen LogP contribution >= 0.6 is 0 Å². The second-order valence-corrected chi connectivity index (χ2v) is 6.36. The summed E-state index contributed by atoms with van der Waals surface area (Å²) in [5, 5.41) is 5.84. The summed E-state index contributed by atoms with van der Waals surface area (Å²) in [5.41, 5.74) is 12.3. The minimum atomic E-state index is -2.50. The van der Waals surface area contributed by atoms with Crippen molar-refractivity contribution in [1.82, 2.24) is 19.9 Å². The Bertz CT molecular complexity index is 1000. The highest BCUT2D eigenvalue weighted by Gasteiger charge is 2.15. The first-order valence-corrected chi connectivity index (χ1v) is 9.01. The van der Waals surface area contributed by atoms with Crippen LogP contribution in [0.4, 0.5) is 26.1 Å². The number of rotatable bonds is 9. The van der Waals surface area contributed by atoms with Gasteiger partial charge in [-0.25, -0.2) is 28.7 Å². The van der Waals surface area contributed by atoms with E-state index in [0.29, 0.717) is 11.5 Å². The molecule has 0 aliphatic heterocycles. The van der Waals surface area contributed by atoms with E-state index < -0.39 is 24.8 Å². The fraction of sp³-hybridized carbons (Fsp3) is 0.211. The highest BCUT2D eigenvalue weighted by molar-refractivity contribution is 5.96. The van der Waals surface area contributed by atoms with Crippen LogP contribution in [0.15, 0.2) is 48.9 Å². The second kappa shape index (κ2) is 9.65. The summed E-state index contributed by atoms with van der Waals surface area (Å²) < 4.78 is 24.8. The van der Waals surface area contributed by atoms with E-state index in [9.17, 15) is 13.6 Å². The zero-order valence-electron chi connectivity index (χ0n) is 15.8. The van der Waals surface area contributed by atoms with Gasteiger partial charge in [0.2, 0.25) is 6.43 Å². The SMILES string of the molecule is NC(=O)c1ncc(NC[C@@H](N)CC(F)F)nc1Nc1cccc(-c2ncccn2)c1. The number of aromatic nitrogens is 4. The third-order valence-corrected chi connectivity index (χ3v) is 3.98. The van der Waals surface area contributed by atoms with E-state index in [4.69, 9.17) is 11.5 Å². The summed E-state index contributed by atoms with van der Waals surface area (Å²) in [5.74, 6) is 0.134. The molecule has 0 saturated carbocycles. The van der Waals surface area contributed by atoms with Crippen LogP contribution in [-0.4, -0.2) is 44.9 Å². The van der Waals surface area contributed by atoms with Gasteiger partial charge >= 0.3 is 0 Å². The third-order valence-electron chi connectivity index (χ3n) is 3.98. The maximum absolute atomic E-state index is 12.4. The van der Waals surface area contributed by atoms with Crippen LogP contribution in [0.25, 0.3) is 11.4 Å². The molecule has 3 aromatic rings. The summed E-state index contributed by atoms with van der Waals surface area (Å²) in [7, 11) is 0. The van der Waals surface area contributed by atoms with Gasteiger partial charge in [-0.15, -0.1) is 0 Å². The number of nitrogens with two attached hydrogens (primary N) is 2. The Hall–Kier alpha value is -3.73. The number of nitrogens with zero attached hydrogens (tertiary/aromatic N) is 4. The average molecular weight is 414 g/mol. The normalized spacial score (nSPS) is 11.9. The second-order valence-electron chi connectivity index (χ2n) is 6.36. The van der Waals surface area contributed by atoms with Gasteiger partial charge in [0.1, 0.15) is 5.82 Å². The first-order valence-electron chi connectivity index (χ1n) is 9.01. The highest BCUT2D eigenvalue weighted by Crippen LogP contribution is 2.23. The summed E-state index contributed by atoms with van der Waals surface area (Å²) in [6.45, 7) is 0.0647. The van der Waals surface area contributed by atoms with Gasteiger partial charge < -0.3 is 22.1 Å². The Balaban J connectivity index is 1.81. The van der Waals surface area contributed by atoms with Crippen molar-refractivity contribution in [3.05, 3.63) is 54.6 Å². The van der Waals surface area contributed by atoms with Gasteiger partial charge in [0.25, 0.3) is 5.91 Å². The van der Waals surface area contributed by atoms with Gasteiger partial charge in [-0.05, 0) is 18.2 Å². The molecule has 0 fully saturated rings. The Morgan fingerprint density at radius 1 is 1.13 bits per heavy atom. The van der Waals surface area contributed by atoms with E-state index in [1.807, 2.05) is 6.07 Å². The molecule has 0 spiro atoms. The molecule has 0 bridgehead atoms. The number of hydrogen-bond acceptors (Lipinski definition) is 8. The quantitative estimate of drug-likeness (QED) is 0.417. The Morgan fingerprint density at radius 2 is 1.90 bits per heavy atom. The number of alkyl halides is 2. The standard InChI is InChI=1S/C19H20F2N8O/c20-14(21)8-12(22)9-26-15-10-27-16(17(23)30)19(29-15)28-13-4-1-3-11(7-13)18-24-5-2-6-25-18/h1-7,10,12,14H,8-9,22H2,(H2,23,30)(H2,26,28,29)/t12-/m0/s1. The summed E-state index contributed by atoms with van der Waals surface area (Å²) >= 11 is 0. The molecule has 30 heavy (non-hydrogen) atoms. The maximum atomic E-state index is 12.4. The summed E-state index contributed by atoms with van der Waals surface area (Å²) in [4.78, 5) is 28.4. The lowest BCUT2D eigenvalue weighted by Gasteiger charge is -2.14. The minimum absolute atomic E-state index is 0.0647. The number of carbonyl (C=O) groups is 1. The van der Waals surface area contributed by atoms with Crippen LogP contribution in [-0.2, 0) is 0 Å². The van der Waals surface area contributed by atoms with Crippen molar-refractivity contribution in [2.75, 3.05) is 17.2 Å². The molecule has 2 heterocycles. The number of amides is 1. The van der Waals surface area contributed by atoms with Crippen molar-refractivity contribution in [2.45, 2.75) is 18.9 Å². The zero-order valence-corrected chi connectivity index (χ0v) is 15.8. The van der Waals surface area contributed by atoms with E-state index in [0.717, 1.165) is 5.56 Å². The molecule has 6 N–H and O–H groups in total. The number of primary amides is 1. The highest BCUT2D eigenvalue weighted by atomic mass is 19.3. The van der Waals surface area contributed by atoms with E-state index in [2.05, 4.69) is 30.6 Å². The van der Waals surface area contributed by atoms with Gasteiger partial charge in [-0.3, -0.25) is 4.79 Å². The molecule has 1 aromatic carbocycles. The number of carbonyl (C=O) groups excluding carboxylic acids is 1. The Morgan fingerprint density at radius 3 is 2.60 bits per heavy atom. The van der Waals surface area contributed by atoms with Gasteiger partial charge in [0.05, 0.1) is 6.20 Å². The molecule has 0 unspecified atom stereocenters. The van der Waals surface area contributed by atoms with Crippen molar-refractivity contribution in [2.24, 2.45) is 11.5 Å². The van der Waals surface area contributed by atoms with E-state index >= 15 is 0 Å². The van der Waals surface area contributed by atoms with Crippen LogP contribution in [0.5, 0.6) is 0 Å². The molecule has 1 atom stereocenters. The van der Waals surface area contributed by atoms with Gasteiger partial charge in [0.15, 0.2) is 17.3 Å². The molecule has 0 saturated heterocycles. The molecular formula is C19H20F2N8O. The van der Waals surface area contributed by atoms with Crippen molar-refractivity contribution in [3.8, 4) is 11.4 Å². The monoisotopic (exact) mass is 414 g/mol. The van der Waals surface area contributed by atoms with Crippen LogP contribution in [0.2, 0.25) is 0 Å². The number of hydrogen-bond donors (Lipinski definition) is 4. The van der Waals surface area contributed by atoms with Crippen LogP contribution in [0.1, 0.15) is 16.9 Å². The van der Waals surface area contributed by atoms with Gasteiger partial charge in [-0.2, -0.15) is 0 Å². The predicted octanol–water partition coefficient (Wildman–Crippen LogP) is 2.17. The minimum Gasteiger partial charge on any atom is -0.367 e. The van der Waals surface area contributed by atoms with Crippen molar-refractivity contribution in [3.63, 3.8) is 0 Å². The predicted molar refractivity (Wildman–Crippen MR) is 108 cm³/mol. The first-order chi connectivity index (χ1) is 14.4.